The van der Waals surface area contributed by atoms with Gasteiger partial charge < -0.3 is 15.8 Å². The van der Waals surface area contributed by atoms with Gasteiger partial charge in [-0.25, -0.2) is 4.79 Å². The summed E-state index contributed by atoms with van der Waals surface area (Å²) in [5.41, 5.74) is 6.41. The van der Waals surface area contributed by atoms with Gasteiger partial charge in [0.15, 0.2) is 6.10 Å². The van der Waals surface area contributed by atoms with Gasteiger partial charge in [0.1, 0.15) is 0 Å². The van der Waals surface area contributed by atoms with Crippen molar-refractivity contribution in [2.24, 2.45) is 0 Å². The summed E-state index contributed by atoms with van der Waals surface area (Å²) in [4.78, 5) is 24.1. The van der Waals surface area contributed by atoms with Gasteiger partial charge in [-0.2, -0.15) is 0 Å². The summed E-state index contributed by atoms with van der Waals surface area (Å²) in [6, 6.07) is 5.33. The summed E-state index contributed by atoms with van der Waals surface area (Å²) in [6.45, 7) is 1.58. The number of nitrogens with two attached hydrogens (primary N) is 1. The second-order valence-corrected chi connectivity index (χ2v) is 6.51. The number of carbonyl (C=O) groups is 2. The minimum atomic E-state index is -0.824. The molecule has 0 unspecified atom stereocenters. The van der Waals surface area contributed by atoms with Crippen molar-refractivity contribution < 1.29 is 14.3 Å². The van der Waals surface area contributed by atoms with Crippen molar-refractivity contribution in [3.05, 3.63) is 27.3 Å². The Kier molecular flexibility index (Phi) is 5.44. The molecule has 0 saturated heterocycles. The largest absolute Gasteiger partial charge is 0.449 e. The van der Waals surface area contributed by atoms with Crippen LogP contribution in [-0.2, 0) is 9.53 Å². The van der Waals surface area contributed by atoms with Crippen LogP contribution in [0.15, 0.2) is 18.2 Å². The van der Waals surface area contributed by atoms with E-state index in [2.05, 4.69) is 27.9 Å². The molecule has 0 aliphatic heterocycles. The smallest absolute Gasteiger partial charge is 0.341 e. The first kappa shape index (κ1) is 16.1. The molecule has 1 fully saturated rings. The number of anilines is 1. The van der Waals surface area contributed by atoms with E-state index in [0.717, 1.165) is 29.3 Å². The predicted molar refractivity (Wildman–Crippen MR) is 88.8 cm³/mol. The van der Waals surface area contributed by atoms with Crippen LogP contribution in [0.4, 0.5) is 5.69 Å². The van der Waals surface area contributed by atoms with E-state index in [1.165, 1.54) is 0 Å². The third kappa shape index (κ3) is 4.33. The standard InChI is InChI=1S/C15H19IN2O3/c1-9(14(19)18-11-4-2-3-5-11)21-15(20)12-8-10(16)6-7-13(12)17/h6-9,11H,2-5,17H2,1H3,(H,18,19)/t9-/m0/s1. The van der Waals surface area contributed by atoms with Crippen molar-refractivity contribution >= 4 is 40.2 Å². The van der Waals surface area contributed by atoms with Crippen LogP contribution in [0.25, 0.3) is 0 Å². The number of halogens is 1. The van der Waals surface area contributed by atoms with Crippen molar-refractivity contribution in [2.45, 2.75) is 44.8 Å². The van der Waals surface area contributed by atoms with Gasteiger partial charge in [-0.05, 0) is 60.6 Å². The Bertz CT molecular complexity index is 542. The number of nitrogen functional groups attached to an aromatic ring is 1. The number of amides is 1. The summed E-state index contributed by atoms with van der Waals surface area (Å²) in [5.74, 6) is -0.820. The predicted octanol–water partition coefficient (Wildman–Crippen LogP) is 2.48. The van der Waals surface area contributed by atoms with E-state index in [9.17, 15) is 9.59 Å². The van der Waals surface area contributed by atoms with E-state index in [0.29, 0.717) is 11.3 Å². The van der Waals surface area contributed by atoms with Gasteiger partial charge in [-0.1, -0.05) is 12.8 Å². The highest BCUT2D eigenvalue weighted by Gasteiger charge is 2.24. The van der Waals surface area contributed by atoms with E-state index in [4.69, 9.17) is 10.5 Å². The maximum Gasteiger partial charge on any atom is 0.341 e. The highest BCUT2D eigenvalue weighted by molar-refractivity contribution is 14.1. The van der Waals surface area contributed by atoms with Crippen molar-refractivity contribution in [1.82, 2.24) is 5.32 Å². The zero-order valence-electron chi connectivity index (χ0n) is 11.9. The molecule has 2 rings (SSSR count). The van der Waals surface area contributed by atoms with Gasteiger partial charge in [0.2, 0.25) is 0 Å². The molecule has 0 spiro atoms. The maximum atomic E-state index is 12.1. The van der Waals surface area contributed by atoms with Crippen molar-refractivity contribution in [1.29, 1.82) is 0 Å². The molecule has 6 heteroatoms. The molecule has 0 bridgehead atoms. The molecule has 1 saturated carbocycles. The highest BCUT2D eigenvalue weighted by Crippen LogP contribution is 2.19. The summed E-state index contributed by atoms with van der Waals surface area (Å²) < 4.78 is 6.10. The molecule has 5 nitrogen and oxygen atoms in total. The summed E-state index contributed by atoms with van der Waals surface area (Å²) >= 11 is 2.09. The lowest BCUT2D eigenvalue weighted by Crippen LogP contribution is -2.40. The molecule has 1 aliphatic rings. The molecule has 21 heavy (non-hydrogen) atoms. The Morgan fingerprint density at radius 1 is 1.38 bits per heavy atom. The number of rotatable bonds is 4. The van der Waals surface area contributed by atoms with Crippen LogP contribution in [0.3, 0.4) is 0 Å². The normalized spacial score (nSPS) is 16.5. The zero-order chi connectivity index (χ0) is 15.4. The molecule has 0 radical (unpaired) electrons. The quantitative estimate of drug-likeness (QED) is 0.461. The maximum absolute atomic E-state index is 12.1. The van der Waals surface area contributed by atoms with Crippen LogP contribution < -0.4 is 11.1 Å². The first-order valence-corrected chi connectivity index (χ1v) is 8.11. The second kappa shape index (κ2) is 7.11. The molecule has 3 N–H and O–H groups in total. The number of hydrogen-bond acceptors (Lipinski definition) is 4. The van der Waals surface area contributed by atoms with E-state index in [-0.39, 0.29) is 11.9 Å². The van der Waals surface area contributed by atoms with Crippen LogP contribution in [-0.4, -0.2) is 24.0 Å². The number of esters is 1. The molecule has 114 valence electrons. The first-order valence-electron chi connectivity index (χ1n) is 7.03. The Morgan fingerprint density at radius 3 is 2.71 bits per heavy atom. The van der Waals surface area contributed by atoms with Crippen molar-refractivity contribution in [3.63, 3.8) is 0 Å². The molecule has 1 atom stereocenters. The van der Waals surface area contributed by atoms with Crippen molar-refractivity contribution in [2.75, 3.05) is 5.73 Å². The fourth-order valence-electron chi connectivity index (χ4n) is 2.37. The van der Waals surface area contributed by atoms with E-state index in [1.807, 2.05) is 6.07 Å². The van der Waals surface area contributed by atoms with Crippen LogP contribution in [0, 0.1) is 3.57 Å². The molecule has 0 aromatic heterocycles. The zero-order valence-corrected chi connectivity index (χ0v) is 14.1. The monoisotopic (exact) mass is 402 g/mol. The molecule has 1 aromatic carbocycles. The number of hydrogen-bond donors (Lipinski definition) is 2. The van der Waals surface area contributed by atoms with Crippen LogP contribution in [0.2, 0.25) is 0 Å². The van der Waals surface area contributed by atoms with Gasteiger partial charge in [0.25, 0.3) is 5.91 Å². The van der Waals surface area contributed by atoms with Crippen LogP contribution in [0.1, 0.15) is 43.0 Å². The van der Waals surface area contributed by atoms with Crippen molar-refractivity contribution in [3.8, 4) is 0 Å². The summed E-state index contributed by atoms with van der Waals surface area (Å²) in [6.07, 6.45) is 3.44. The Morgan fingerprint density at radius 2 is 2.05 bits per heavy atom. The van der Waals surface area contributed by atoms with Gasteiger partial charge in [-0.3, -0.25) is 4.79 Å². The minimum Gasteiger partial charge on any atom is -0.449 e. The highest BCUT2D eigenvalue weighted by atomic mass is 127. The van der Waals surface area contributed by atoms with Gasteiger partial charge in [-0.15, -0.1) is 0 Å². The van der Waals surface area contributed by atoms with Crippen LogP contribution >= 0.6 is 22.6 Å². The van der Waals surface area contributed by atoms with E-state index < -0.39 is 12.1 Å². The Hall–Kier alpha value is -1.31. The number of carbonyl (C=O) groups excluding carboxylic acids is 2. The van der Waals surface area contributed by atoms with Gasteiger partial charge in [0.05, 0.1) is 5.56 Å². The Balaban J connectivity index is 1.94. The number of benzene rings is 1. The summed E-state index contributed by atoms with van der Waals surface area (Å²) in [5, 5.41) is 2.91. The molecule has 1 amide bonds. The van der Waals surface area contributed by atoms with E-state index in [1.54, 1.807) is 19.1 Å². The molecular weight excluding hydrogens is 383 g/mol. The SMILES string of the molecule is C[C@H](OC(=O)c1cc(I)ccc1N)C(=O)NC1CCCC1. The molecule has 1 aromatic rings. The topological polar surface area (TPSA) is 81.4 Å². The van der Waals surface area contributed by atoms with Gasteiger partial charge >= 0.3 is 5.97 Å². The lowest BCUT2D eigenvalue weighted by molar-refractivity contribution is -0.129. The fourth-order valence-corrected chi connectivity index (χ4v) is 2.86. The van der Waals surface area contributed by atoms with Crippen LogP contribution in [0.5, 0.6) is 0 Å². The third-order valence-corrected chi connectivity index (χ3v) is 4.26. The lowest BCUT2D eigenvalue weighted by atomic mass is 10.2. The number of ether oxygens (including phenoxy) is 1. The van der Waals surface area contributed by atoms with E-state index >= 15 is 0 Å². The lowest BCUT2D eigenvalue weighted by Gasteiger charge is -2.17. The molecular formula is C15H19IN2O3. The number of nitrogens with one attached hydrogen (secondary N) is 1. The Labute approximate surface area is 137 Å². The van der Waals surface area contributed by atoms with Gasteiger partial charge in [0, 0.05) is 15.3 Å². The fraction of sp³-hybridized carbons (Fsp3) is 0.467. The molecule has 1 aliphatic carbocycles. The summed E-state index contributed by atoms with van der Waals surface area (Å²) in [7, 11) is 0. The second-order valence-electron chi connectivity index (χ2n) is 5.27. The minimum absolute atomic E-state index is 0.210. The molecule has 0 heterocycles. The first-order chi connectivity index (χ1) is 9.97. The third-order valence-electron chi connectivity index (χ3n) is 3.59. The average Bonchev–Trinajstić information content (AvgIpc) is 2.94. The average molecular weight is 402 g/mol.